The number of phenols is 1. The van der Waals surface area contributed by atoms with E-state index in [0.717, 1.165) is 102 Å². The van der Waals surface area contributed by atoms with Crippen LogP contribution in [0.1, 0.15) is 187 Å². The fourth-order valence-electron chi connectivity index (χ4n) is 12.5. The molecule has 0 radical (unpaired) electrons. The van der Waals surface area contributed by atoms with Gasteiger partial charge in [-0.05, 0) is 197 Å². The molecule has 0 bridgehead atoms. The second-order valence-corrected chi connectivity index (χ2v) is 32.0. The van der Waals surface area contributed by atoms with Gasteiger partial charge in [0.25, 0.3) is 23.3 Å². The number of carbonyl (C=O) groups excluding carboxylic acids is 4. The largest absolute Gasteiger partial charge is 0.505 e. The fraction of sp³-hybridized carbons (Fsp3) is 0.371. The number of phenolic OH excluding ortho intramolecular Hbond substituents is 1. The van der Waals surface area contributed by atoms with Crippen molar-refractivity contribution < 1.29 is 43.0 Å². The van der Waals surface area contributed by atoms with Crippen LogP contribution >= 0.6 is 34.8 Å². The van der Waals surface area contributed by atoms with Crippen molar-refractivity contribution in [3.63, 3.8) is 0 Å². The molecule has 622 valence electrons. The third-order valence-electron chi connectivity index (χ3n) is 19.4. The van der Waals surface area contributed by atoms with Gasteiger partial charge in [-0.25, -0.2) is 13.5 Å². The molecule has 4 amide bonds. The molecule has 2 atom stereocenters. The average molecular weight is 1650 g/mol. The van der Waals surface area contributed by atoms with Gasteiger partial charge in [0, 0.05) is 96.1 Å². The molecule has 16 N–H and O–H groups in total. The highest BCUT2D eigenvalue weighted by Gasteiger charge is 2.28. The molecular weight excluding hydrogens is 1540 g/mol. The van der Waals surface area contributed by atoms with E-state index in [-0.39, 0.29) is 98.5 Å². The summed E-state index contributed by atoms with van der Waals surface area (Å²) in [5.74, 6) is -3.21. The van der Waals surface area contributed by atoms with Gasteiger partial charge in [-0.15, -0.1) is 0 Å². The maximum Gasteiger partial charge on any atom is 0.305 e. The molecule has 9 aromatic rings. The number of pyridine rings is 1. The number of nitrogens with two attached hydrogens (primary N) is 5. The van der Waals surface area contributed by atoms with E-state index in [0.29, 0.717) is 59.0 Å². The second kappa shape index (κ2) is 45.1. The summed E-state index contributed by atoms with van der Waals surface area (Å²) in [7, 11) is 0. The number of halogens is 5. The molecule has 10 rings (SSSR count). The number of carboxylic acid groups (broad SMARTS) is 1. The van der Waals surface area contributed by atoms with E-state index in [1.807, 2.05) is 70.3 Å². The van der Waals surface area contributed by atoms with Gasteiger partial charge in [0.15, 0.2) is 5.96 Å². The van der Waals surface area contributed by atoms with Crippen LogP contribution in [0.2, 0.25) is 15.1 Å². The Morgan fingerprint density at radius 3 is 1.97 bits per heavy atom. The molecule has 116 heavy (non-hydrogen) atoms. The summed E-state index contributed by atoms with van der Waals surface area (Å²) < 4.78 is 29.2. The lowest BCUT2D eigenvalue weighted by molar-refractivity contribution is -0.137. The van der Waals surface area contributed by atoms with Crippen molar-refractivity contribution >= 4 is 81.9 Å². The van der Waals surface area contributed by atoms with Crippen molar-refractivity contribution in [1.82, 2.24) is 35.2 Å². The summed E-state index contributed by atoms with van der Waals surface area (Å²) in [5, 5.41) is 31.4. The first-order chi connectivity index (χ1) is 54.8. The molecule has 1 aliphatic heterocycles. The van der Waals surface area contributed by atoms with Crippen LogP contribution < -0.4 is 50.2 Å². The van der Waals surface area contributed by atoms with Crippen molar-refractivity contribution in [2.24, 2.45) is 27.9 Å². The molecule has 7 aromatic carbocycles. The van der Waals surface area contributed by atoms with Gasteiger partial charge in [-0.3, -0.25) is 43.8 Å². The quantitative estimate of drug-likeness (QED) is 0.00833. The molecule has 27 heteroatoms. The zero-order valence-corrected chi connectivity index (χ0v) is 70.7. The summed E-state index contributed by atoms with van der Waals surface area (Å²) in [5.41, 5.74) is 40.7. The normalized spacial score (nSPS) is 12.4. The number of nitrogens with one attached hydrogen (secondary N) is 4. The number of aryl methyl sites for hydroxylation is 3. The monoisotopic (exact) mass is 1650 g/mol. The average Bonchev–Trinajstić information content (AvgIpc) is 1.40. The summed E-state index contributed by atoms with van der Waals surface area (Å²) in [6.45, 7) is 29.0. The first-order valence-electron chi connectivity index (χ1n) is 38.7. The number of benzene rings is 7. The van der Waals surface area contributed by atoms with Gasteiger partial charge in [-0.2, -0.15) is 0 Å². The number of aliphatic carboxylic acids is 1. The maximum atomic E-state index is 14.3. The first kappa shape index (κ1) is 94.4. The second-order valence-electron chi connectivity index (χ2n) is 30.8. The Bertz CT molecular complexity index is 4870. The molecule has 0 spiro atoms. The van der Waals surface area contributed by atoms with Gasteiger partial charge < -0.3 is 64.6 Å². The fourth-order valence-corrected chi connectivity index (χ4v) is 13.5. The number of likely N-dealkylation sites (tertiary alicyclic amines) is 1. The Labute approximate surface area is 695 Å². The Morgan fingerprint density at radius 2 is 1.37 bits per heavy atom. The van der Waals surface area contributed by atoms with Gasteiger partial charge in [0.05, 0.1) is 28.2 Å². The zero-order chi connectivity index (χ0) is 85.7. The summed E-state index contributed by atoms with van der Waals surface area (Å²) in [6.07, 6.45) is 9.17. The molecule has 1 fully saturated rings. The van der Waals surface area contributed by atoms with Crippen LogP contribution in [0.15, 0.2) is 162 Å². The smallest absolute Gasteiger partial charge is 0.305 e. The lowest BCUT2D eigenvalue weighted by Gasteiger charge is -2.31. The minimum atomic E-state index is -1.13. The number of hydrogen-bond donors (Lipinski definition) is 11. The summed E-state index contributed by atoms with van der Waals surface area (Å²) in [6, 6.07) is 39.3. The zero-order valence-electron chi connectivity index (χ0n) is 68.5. The van der Waals surface area contributed by atoms with E-state index in [4.69, 9.17) is 63.5 Å². The number of aliphatic imine (C=N–C) groups is 1. The highest BCUT2D eigenvalue weighted by Crippen LogP contribution is 2.39. The Morgan fingerprint density at radius 1 is 0.733 bits per heavy atom. The predicted molar refractivity (Wildman–Crippen MR) is 464 cm³/mol. The van der Waals surface area contributed by atoms with E-state index in [1.54, 1.807) is 66.7 Å². The number of rotatable bonds is 25. The molecule has 2 aromatic heterocycles. The van der Waals surface area contributed by atoms with Crippen LogP contribution in [0.25, 0.3) is 16.8 Å². The number of aromatic amines is 1. The molecule has 1 unspecified atom stereocenters. The Hall–Kier alpha value is -10.5. The Kier molecular flexibility index (Phi) is 36.7. The lowest BCUT2D eigenvalue weighted by atomic mass is 9.80. The van der Waals surface area contributed by atoms with Crippen molar-refractivity contribution in [3.8, 4) is 22.6 Å². The van der Waals surface area contributed by atoms with E-state index in [2.05, 4.69) is 97.4 Å². The van der Waals surface area contributed by atoms with Gasteiger partial charge in [0.1, 0.15) is 28.9 Å². The maximum absolute atomic E-state index is 14.3. The topological polar surface area (TPSA) is 362 Å². The van der Waals surface area contributed by atoms with Crippen molar-refractivity contribution in [1.29, 1.82) is 0 Å². The lowest BCUT2D eigenvalue weighted by Crippen LogP contribution is -2.50. The third kappa shape index (κ3) is 29.4. The number of hydrogen-bond acceptors (Lipinski definition) is 13. The number of piperidine rings is 1. The molecular formula is C89H113Cl3F2N14O8. The van der Waals surface area contributed by atoms with Crippen LogP contribution in [-0.2, 0) is 39.9 Å². The number of nitrogen functional groups attached to an aromatic ring is 1. The number of carbonyl (C=O) groups is 5. The third-order valence-corrected chi connectivity index (χ3v) is 20.2. The predicted octanol–water partition coefficient (Wildman–Crippen LogP) is 15.9. The molecule has 1 aliphatic rings. The number of H-pyrrole nitrogens is 1. The Balaban J connectivity index is 0.000000236. The van der Waals surface area contributed by atoms with E-state index in [1.165, 1.54) is 59.1 Å². The number of aromatic nitrogens is 3. The highest BCUT2D eigenvalue weighted by atomic mass is 35.5. The van der Waals surface area contributed by atoms with Crippen molar-refractivity contribution in [3.05, 3.63) is 261 Å². The first-order valence-corrected chi connectivity index (χ1v) is 39.8. The number of guanidine groups is 1. The standard InChI is InChI=1S/C28H28F2N2O4.C21H36N6O.C17H12Cl3N3O2.C14H23NO.C9H14N2/c1-2-3-15-31-27(35)23-10-6-4-8-21(23)22-9-5-7-11-24(22)28(36)32(16-14-26(33)34)18-19-17-20(29)12-13-25(19)30;1-16-7-9-17(10-8-16)14-19(22)20(28)26-18(6-5-11-25-21(23)24)15-27-12-3-2-4-13-27;1-9-3-2-4-10(5-9)17(25)21-14-8-15(24)23(22-14)16-12(19)6-11(18)7-13(16)20;1-13(2,3)9-7-10(14(4,5)6)12(16)11(15)8-9;1-6-7(2)9(4-10)5-11-8(6)3/h4-13,17H,2-3,14-16,18H2,1H3,(H,31,35)(H,33,34);7-10,18-19H,2-6,11-15,22H2,1H3,(H,26,28)(H4,23,24,25);2-8,22H,1H3,(H,21,25);7-8,16H,15H2,1-6H3;5H,4,10H2,1-3H3/t;18?,19-;;;/m.1.../s1. The molecule has 1 saturated heterocycles. The van der Waals surface area contributed by atoms with Crippen LogP contribution in [0, 0.1) is 46.3 Å². The number of carboxylic acids is 1. The minimum absolute atomic E-state index is 0.0435. The number of aromatic hydroxyl groups is 1. The molecule has 0 aliphatic carbocycles. The SMILES string of the molecule is CC(C)(C)c1cc(N)c(O)c(C(C)(C)C)c1.CCCCNC(=O)c1ccccc1-c1ccccc1C(=O)N(CCC(=O)O)Cc1cc(F)ccc1F.Cc1ccc(C[C@@H](N)C(=O)NC(CCCN=C(N)N)CN2CCCCC2)cc1.Cc1cccc(C(=O)Nc2cc(=O)n(-c3c(Cl)cc(Cl)cc3Cl)[nH]2)c1.Cc1ncc(CN)c(C)c1C. The molecule has 0 saturated carbocycles. The van der Waals surface area contributed by atoms with Crippen molar-refractivity contribution in [2.75, 3.05) is 50.3 Å². The van der Waals surface area contributed by atoms with Gasteiger partial charge in [-0.1, -0.05) is 186 Å². The number of unbranched alkanes of at least 4 members (excludes halogenated alkanes) is 1. The van der Waals surface area contributed by atoms with Crippen LogP contribution in [0.5, 0.6) is 5.75 Å². The number of amides is 4. The van der Waals surface area contributed by atoms with Gasteiger partial charge >= 0.3 is 5.97 Å². The van der Waals surface area contributed by atoms with Crippen LogP contribution in [-0.4, -0.2) is 122 Å². The van der Waals surface area contributed by atoms with Crippen LogP contribution in [0.4, 0.5) is 20.3 Å². The van der Waals surface area contributed by atoms with E-state index in [9.17, 15) is 47.8 Å². The van der Waals surface area contributed by atoms with E-state index >= 15 is 0 Å². The number of nitrogens with zero attached hydrogens (tertiary/aromatic N) is 5. The minimum Gasteiger partial charge on any atom is -0.505 e. The molecule has 3 heterocycles. The van der Waals surface area contributed by atoms with Gasteiger partial charge in [0.2, 0.25) is 5.91 Å². The number of anilines is 2. The van der Waals surface area contributed by atoms with E-state index < -0.39 is 35.1 Å². The van der Waals surface area contributed by atoms with Crippen molar-refractivity contribution in [2.45, 2.75) is 177 Å². The summed E-state index contributed by atoms with van der Waals surface area (Å²) in [4.78, 5) is 86.8. The summed E-state index contributed by atoms with van der Waals surface area (Å²) >= 11 is 18.1. The van der Waals surface area contributed by atoms with Crippen LogP contribution in [0.3, 0.4) is 0 Å². The highest BCUT2D eigenvalue weighted by molar-refractivity contribution is 6.40. The molecule has 22 nitrogen and oxygen atoms in total.